The summed E-state index contributed by atoms with van der Waals surface area (Å²) in [5.41, 5.74) is 4.42. The number of aromatic nitrogens is 1. The number of carbonyl (C=O) groups excluding carboxylic acids is 1. The zero-order valence-corrected chi connectivity index (χ0v) is 14.4. The molecule has 26 heavy (non-hydrogen) atoms. The summed E-state index contributed by atoms with van der Waals surface area (Å²) in [7, 11) is 0. The lowest BCUT2D eigenvalue weighted by molar-refractivity contribution is 0.102. The summed E-state index contributed by atoms with van der Waals surface area (Å²) in [6.45, 7) is 2.10. The fraction of sp³-hybridized carbons (Fsp3) is 0.0952. The van der Waals surface area contributed by atoms with Crippen molar-refractivity contribution in [1.82, 2.24) is 4.98 Å². The van der Waals surface area contributed by atoms with Crippen LogP contribution in [0.4, 0.5) is 17.1 Å². The van der Waals surface area contributed by atoms with E-state index in [9.17, 15) is 4.79 Å². The molecule has 2 N–H and O–H groups in total. The molecule has 0 unspecified atom stereocenters. The minimum absolute atomic E-state index is 0.307. The van der Waals surface area contributed by atoms with Gasteiger partial charge in [-0.05, 0) is 48.4 Å². The highest BCUT2D eigenvalue weighted by atomic mass is 16.1. The van der Waals surface area contributed by atoms with E-state index < -0.39 is 0 Å². The van der Waals surface area contributed by atoms with E-state index in [4.69, 9.17) is 5.26 Å². The van der Waals surface area contributed by atoms with Gasteiger partial charge in [0.15, 0.2) is 0 Å². The maximum absolute atomic E-state index is 12.3. The van der Waals surface area contributed by atoms with E-state index in [0.29, 0.717) is 16.9 Å². The van der Waals surface area contributed by atoms with Crippen LogP contribution in [-0.2, 0) is 6.42 Å². The summed E-state index contributed by atoms with van der Waals surface area (Å²) in [5, 5.41) is 15.0. The molecular weight excluding hydrogens is 324 g/mol. The number of aryl methyl sites for hydroxylation is 1. The lowest BCUT2D eigenvalue weighted by Crippen LogP contribution is -2.13. The molecule has 0 fully saturated rings. The van der Waals surface area contributed by atoms with Gasteiger partial charge in [0.25, 0.3) is 5.91 Å². The van der Waals surface area contributed by atoms with Gasteiger partial charge < -0.3 is 10.6 Å². The van der Waals surface area contributed by atoms with Crippen LogP contribution < -0.4 is 10.6 Å². The summed E-state index contributed by atoms with van der Waals surface area (Å²) >= 11 is 0. The zero-order chi connectivity index (χ0) is 18.4. The Labute approximate surface area is 152 Å². The van der Waals surface area contributed by atoms with Crippen LogP contribution in [0.5, 0.6) is 0 Å². The number of nitrogens with one attached hydrogen (secondary N) is 2. The fourth-order valence-electron chi connectivity index (χ4n) is 2.57. The maximum Gasteiger partial charge on any atom is 0.274 e. The van der Waals surface area contributed by atoms with E-state index in [2.05, 4.69) is 28.6 Å². The molecule has 128 valence electrons. The molecule has 2 aromatic carbocycles. The normalized spacial score (nSPS) is 10.0. The second-order valence-electron chi connectivity index (χ2n) is 5.71. The number of rotatable bonds is 5. The number of anilines is 3. The summed E-state index contributed by atoms with van der Waals surface area (Å²) in [5.74, 6) is -0.319. The Morgan fingerprint density at radius 2 is 1.92 bits per heavy atom. The largest absolute Gasteiger partial charge is 0.354 e. The molecule has 3 aromatic rings. The van der Waals surface area contributed by atoms with Crippen molar-refractivity contribution in [1.29, 1.82) is 5.26 Å². The Morgan fingerprint density at radius 3 is 2.65 bits per heavy atom. The molecule has 0 aliphatic rings. The van der Waals surface area contributed by atoms with Crippen molar-refractivity contribution < 1.29 is 4.79 Å². The first-order valence-corrected chi connectivity index (χ1v) is 8.32. The number of pyridine rings is 1. The van der Waals surface area contributed by atoms with Crippen LogP contribution in [0.25, 0.3) is 0 Å². The van der Waals surface area contributed by atoms with E-state index in [1.54, 1.807) is 36.5 Å². The van der Waals surface area contributed by atoms with E-state index >= 15 is 0 Å². The highest BCUT2D eigenvalue weighted by molar-refractivity contribution is 6.03. The highest BCUT2D eigenvalue weighted by Crippen LogP contribution is 2.21. The van der Waals surface area contributed by atoms with Crippen LogP contribution in [0.15, 0.2) is 66.9 Å². The molecule has 0 aliphatic carbocycles. The Balaban J connectivity index is 1.70. The Hall–Kier alpha value is -3.65. The molecule has 0 atom stereocenters. The average molecular weight is 342 g/mol. The topological polar surface area (TPSA) is 77.8 Å². The molecule has 5 nitrogen and oxygen atoms in total. The van der Waals surface area contributed by atoms with E-state index in [0.717, 1.165) is 17.8 Å². The highest BCUT2D eigenvalue weighted by Gasteiger charge is 2.08. The number of hydrogen-bond donors (Lipinski definition) is 2. The average Bonchev–Trinajstić information content (AvgIpc) is 2.69. The molecule has 1 heterocycles. The number of amides is 1. The van der Waals surface area contributed by atoms with Crippen LogP contribution in [0.3, 0.4) is 0 Å². The summed E-state index contributed by atoms with van der Waals surface area (Å²) in [6.07, 6.45) is 2.56. The van der Waals surface area contributed by atoms with Crippen molar-refractivity contribution in [3.63, 3.8) is 0 Å². The van der Waals surface area contributed by atoms with Gasteiger partial charge in [0.2, 0.25) is 0 Å². The lowest BCUT2D eigenvalue weighted by Gasteiger charge is -2.11. The Kier molecular flexibility index (Phi) is 5.25. The molecule has 0 saturated carbocycles. The third-order valence-electron chi connectivity index (χ3n) is 3.92. The molecule has 0 saturated heterocycles. The third-order valence-corrected chi connectivity index (χ3v) is 3.92. The van der Waals surface area contributed by atoms with Gasteiger partial charge in [-0.3, -0.25) is 4.79 Å². The maximum atomic E-state index is 12.3. The van der Waals surface area contributed by atoms with Crippen molar-refractivity contribution >= 4 is 23.0 Å². The number of nitrogens with zero attached hydrogens (tertiary/aromatic N) is 2. The van der Waals surface area contributed by atoms with Crippen LogP contribution in [0.2, 0.25) is 0 Å². The predicted molar refractivity (Wildman–Crippen MR) is 102 cm³/mol. The Morgan fingerprint density at radius 1 is 1.08 bits per heavy atom. The van der Waals surface area contributed by atoms with Gasteiger partial charge in [-0.25, -0.2) is 4.98 Å². The third kappa shape index (κ3) is 4.05. The molecule has 0 aliphatic heterocycles. The molecule has 1 aromatic heterocycles. The smallest absolute Gasteiger partial charge is 0.274 e. The summed E-state index contributed by atoms with van der Waals surface area (Å²) in [6, 6.07) is 20.4. The van der Waals surface area contributed by atoms with Crippen LogP contribution >= 0.6 is 0 Å². The van der Waals surface area contributed by atoms with Gasteiger partial charge >= 0.3 is 0 Å². The summed E-state index contributed by atoms with van der Waals surface area (Å²) < 4.78 is 0. The van der Waals surface area contributed by atoms with Gasteiger partial charge in [0, 0.05) is 11.4 Å². The predicted octanol–water partition coefficient (Wildman–Crippen LogP) is 4.51. The minimum atomic E-state index is -0.319. The van der Waals surface area contributed by atoms with Gasteiger partial charge in [-0.2, -0.15) is 5.26 Å². The molecule has 0 spiro atoms. The minimum Gasteiger partial charge on any atom is -0.354 e. The standard InChI is InChI=1S/C21H18N4O/c1-2-16-7-3-4-9-19(16)24-18-10-11-20(23-14-18)21(26)25-17-8-5-6-15(12-17)13-22/h3-12,14,24H,2H2,1H3,(H,25,26). The van der Waals surface area contributed by atoms with E-state index in [1.165, 1.54) is 5.56 Å². The van der Waals surface area contributed by atoms with Crippen molar-refractivity contribution in [2.45, 2.75) is 13.3 Å². The number of benzene rings is 2. The number of hydrogen-bond acceptors (Lipinski definition) is 4. The summed E-state index contributed by atoms with van der Waals surface area (Å²) in [4.78, 5) is 16.5. The van der Waals surface area contributed by atoms with Gasteiger partial charge in [0.05, 0.1) is 23.5 Å². The molecule has 1 amide bonds. The van der Waals surface area contributed by atoms with E-state index in [-0.39, 0.29) is 5.91 Å². The van der Waals surface area contributed by atoms with Crippen LogP contribution in [0.1, 0.15) is 28.5 Å². The van der Waals surface area contributed by atoms with Crippen molar-refractivity contribution in [3.05, 3.63) is 83.7 Å². The SMILES string of the molecule is CCc1ccccc1Nc1ccc(C(=O)Nc2cccc(C#N)c2)nc1. The molecule has 0 radical (unpaired) electrons. The molecule has 3 rings (SSSR count). The van der Waals surface area contributed by atoms with Crippen molar-refractivity contribution in [3.8, 4) is 6.07 Å². The van der Waals surface area contributed by atoms with Crippen molar-refractivity contribution in [2.24, 2.45) is 0 Å². The molecule has 5 heteroatoms. The molecular formula is C21H18N4O. The van der Waals surface area contributed by atoms with Gasteiger partial charge in [-0.15, -0.1) is 0 Å². The number of para-hydroxylation sites is 1. The van der Waals surface area contributed by atoms with E-state index in [1.807, 2.05) is 30.3 Å². The van der Waals surface area contributed by atoms with Crippen LogP contribution in [0, 0.1) is 11.3 Å². The first-order chi connectivity index (χ1) is 12.7. The zero-order valence-electron chi connectivity index (χ0n) is 14.4. The monoisotopic (exact) mass is 342 g/mol. The molecule has 0 bridgehead atoms. The van der Waals surface area contributed by atoms with Crippen LogP contribution in [-0.4, -0.2) is 10.9 Å². The first-order valence-electron chi connectivity index (χ1n) is 8.32. The lowest BCUT2D eigenvalue weighted by atomic mass is 10.1. The quantitative estimate of drug-likeness (QED) is 0.715. The second kappa shape index (κ2) is 7.95. The van der Waals surface area contributed by atoms with Gasteiger partial charge in [-0.1, -0.05) is 31.2 Å². The Bertz CT molecular complexity index is 958. The second-order valence-corrected chi connectivity index (χ2v) is 5.71. The number of carbonyl (C=O) groups is 1. The first kappa shape index (κ1) is 17.2. The van der Waals surface area contributed by atoms with Crippen molar-refractivity contribution in [2.75, 3.05) is 10.6 Å². The number of nitriles is 1. The fourth-order valence-corrected chi connectivity index (χ4v) is 2.57. The van der Waals surface area contributed by atoms with Gasteiger partial charge in [0.1, 0.15) is 5.69 Å².